The molecule has 1 aromatic carbocycles. The fourth-order valence-corrected chi connectivity index (χ4v) is 2.70. The molecule has 0 radical (unpaired) electrons. The zero-order chi connectivity index (χ0) is 14.5. The van der Waals surface area contributed by atoms with E-state index in [1.165, 1.54) is 18.2 Å². The Morgan fingerprint density at radius 1 is 1.36 bits per heavy atom. The van der Waals surface area contributed by atoms with Crippen molar-refractivity contribution in [3.05, 3.63) is 39.7 Å². The number of nitro benzene ring substituents is 1. The van der Waals surface area contributed by atoms with Gasteiger partial charge in [-0.1, -0.05) is 13.3 Å². The molecule has 1 aliphatic rings. The first-order valence-electron chi connectivity index (χ1n) is 7.02. The van der Waals surface area contributed by atoms with Crippen LogP contribution in [0.25, 0.3) is 0 Å². The Labute approximate surface area is 142 Å². The number of benzene rings is 1. The number of nitrogens with zero attached hydrogens (tertiary/aromatic N) is 2. The van der Waals surface area contributed by atoms with Gasteiger partial charge in [-0.15, -0.1) is 24.8 Å². The molecule has 1 aliphatic heterocycles. The fourth-order valence-electron chi connectivity index (χ4n) is 2.70. The van der Waals surface area contributed by atoms with Gasteiger partial charge in [0.25, 0.3) is 5.69 Å². The summed E-state index contributed by atoms with van der Waals surface area (Å²) >= 11 is 0. The van der Waals surface area contributed by atoms with Crippen molar-refractivity contribution in [3.8, 4) is 0 Å². The van der Waals surface area contributed by atoms with Crippen LogP contribution in [0.15, 0.2) is 18.2 Å². The molecule has 0 unspecified atom stereocenters. The van der Waals surface area contributed by atoms with E-state index in [1.807, 2.05) is 6.92 Å². The minimum Gasteiger partial charge on any atom is -0.314 e. The Balaban J connectivity index is 0.00000220. The first kappa shape index (κ1) is 21.0. The van der Waals surface area contributed by atoms with E-state index in [9.17, 15) is 14.5 Å². The Hall–Kier alpha value is -0.950. The van der Waals surface area contributed by atoms with Crippen molar-refractivity contribution < 1.29 is 9.31 Å². The summed E-state index contributed by atoms with van der Waals surface area (Å²) in [5.41, 5.74) is 0.403. The number of nitro groups is 1. The summed E-state index contributed by atoms with van der Waals surface area (Å²) in [5, 5.41) is 14.1. The fraction of sp³-hybridized carbons (Fsp3) is 0.571. The van der Waals surface area contributed by atoms with Crippen LogP contribution in [-0.4, -0.2) is 36.0 Å². The van der Waals surface area contributed by atoms with Crippen LogP contribution in [0.2, 0.25) is 0 Å². The topological polar surface area (TPSA) is 58.4 Å². The van der Waals surface area contributed by atoms with Gasteiger partial charge in [-0.2, -0.15) is 0 Å². The van der Waals surface area contributed by atoms with Crippen molar-refractivity contribution in [2.45, 2.75) is 25.8 Å². The Bertz CT molecular complexity index is 485. The molecule has 126 valence electrons. The summed E-state index contributed by atoms with van der Waals surface area (Å²) in [5.74, 6) is -0.354. The predicted molar refractivity (Wildman–Crippen MR) is 89.6 cm³/mol. The van der Waals surface area contributed by atoms with Gasteiger partial charge in [-0.25, -0.2) is 4.39 Å². The molecule has 1 heterocycles. The highest BCUT2D eigenvalue weighted by atomic mass is 35.5. The average Bonchev–Trinajstić information content (AvgIpc) is 2.46. The van der Waals surface area contributed by atoms with Crippen LogP contribution >= 0.6 is 24.8 Å². The van der Waals surface area contributed by atoms with E-state index in [4.69, 9.17) is 0 Å². The van der Waals surface area contributed by atoms with E-state index in [0.29, 0.717) is 5.56 Å². The Kier molecular flexibility index (Phi) is 9.51. The molecule has 0 aromatic heterocycles. The minimum absolute atomic E-state index is 0. The second kappa shape index (κ2) is 9.94. The molecular weight excluding hydrogens is 332 g/mol. The summed E-state index contributed by atoms with van der Waals surface area (Å²) in [6, 6.07) is 3.73. The predicted octanol–water partition coefficient (Wildman–Crippen LogP) is 3.32. The van der Waals surface area contributed by atoms with Crippen molar-refractivity contribution in [1.82, 2.24) is 10.2 Å². The molecule has 22 heavy (non-hydrogen) atoms. The standard InChI is InChI=1S/C14H20FN3O2.2ClH/c1-2-3-14(17-8-6-16-7-9-17)12-10-11(18(19)20)4-5-13(12)15;;/h4-5,10,14,16H,2-3,6-9H2,1H3;2*1H/t14-;;/m1../s1. The largest absolute Gasteiger partial charge is 0.314 e. The number of nitrogens with one attached hydrogen (secondary N) is 1. The summed E-state index contributed by atoms with van der Waals surface area (Å²) in [4.78, 5) is 12.6. The van der Waals surface area contributed by atoms with Crippen LogP contribution in [0.1, 0.15) is 31.4 Å². The van der Waals surface area contributed by atoms with Crippen molar-refractivity contribution in [1.29, 1.82) is 0 Å². The van der Waals surface area contributed by atoms with Crippen LogP contribution in [0.5, 0.6) is 0 Å². The number of piperazine rings is 1. The lowest BCUT2D eigenvalue weighted by Crippen LogP contribution is -2.45. The highest BCUT2D eigenvalue weighted by Crippen LogP contribution is 2.30. The van der Waals surface area contributed by atoms with Gasteiger partial charge in [0.05, 0.1) is 4.92 Å². The normalized spacial score (nSPS) is 16.3. The molecule has 1 N–H and O–H groups in total. The SMILES string of the molecule is CCC[C@H](c1cc([N+](=O)[O-])ccc1F)N1CCNCC1.Cl.Cl. The zero-order valence-electron chi connectivity index (χ0n) is 12.5. The third-order valence-electron chi connectivity index (χ3n) is 3.70. The van der Waals surface area contributed by atoms with Gasteiger partial charge in [0.15, 0.2) is 0 Å². The Morgan fingerprint density at radius 2 is 2.00 bits per heavy atom. The number of non-ortho nitro benzene ring substituents is 1. The van der Waals surface area contributed by atoms with Crippen LogP contribution in [0.4, 0.5) is 10.1 Å². The third kappa shape index (κ3) is 5.05. The molecule has 1 aromatic rings. The van der Waals surface area contributed by atoms with Crippen LogP contribution < -0.4 is 5.32 Å². The molecule has 0 bridgehead atoms. The van der Waals surface area contributed by atoms with E-state index < -0.39 is 4.92 Å². The molecule has 0 spiro atoms. The summed E-state index contributed by atoms with van der Waals surface area (Å²) in [6.45, 7) is 5.47. The molecule has 0 aliphatic carbocycles. The second-order valence-electron chi connectivity index (χ2n) is 5.05. The average molecular weight is 354 g/mol. The lowest BCUT2D eigenvalue weighted by Gasteiger charge is -2.35. The number of rotatable bonds is 5. The first-order valence-corrected chi connectivity index (χ1v) is 7.02. The number of halogens is 3. The van der Waals surface area contributed by atoms with E-state index in [2.05, 4.69) is 10.2 Å². The van der Waals surface area contributed by atoms with Gasteiger partial charge in [0.1, 0.15) is 5.82 Å². The van der Waals surface area contributed by atoms with Crippen molar-refractivity contribution >= 4 is 30.5 Å². The van der Waals surface area contributed by atoms with Crippen molar-refractivity contribution in [2.75, 3.05) is 26.2 Å². The van der Waals surface area contributed by atoms with E-state index in [0.717, 1.165) is 39.0 Å². The summed E-state index contributed by atoms with van der Waals surface area (Å²) in [7, 11) is 0. The van der Waals surface area contributed by atoms with E-state index in [-0.39, 0.29) is 42.4 Å². The van der Waals surface area contributed by atoms with Gasteiger partial charge >= 0.3 is 0 Å². The maximum absolute atomic E-state index is 14.1. The molecule has 1 saturated heterocycles. The van der Waals surface area contributed by atoms with Crippen LogP contribution in [0.3, 0.4) is 0 Å². The number of hydrogen-bond donors (Lipinski definition) is 1. The smallest absolute Gasteiger partial charge is 0.269 e. The van der Waals surface area contributed by atoms with Crippen molar-refractivity contribution in [3.63, 3.8) is 0 Å². The summed E-state index contributed by atoms with van der Waals surface area (Å²) in [6.07, 6.45) is 1.72. The molecule has 5 nitrogen and oxygen atoms in total. The molecule has 2 rings (SSSR count). The van der Waals surface area contributed by atoms with Crippen LogP contribution in [-0.2, 0) is 0 Å². The molecule has 0 amide bonds. The quantitative estimate of drug-likeness (QED) is 0.651. The van der Waals surface area contributed by atoms with E-state index >= 15 is 0 Å². The maximum atomic E-state index is 14.1. The highest BCUT2D eigenvalue weighted by molar-refractivity contribution is 5.85. The molecule has 8 heteroatoms. The molecule has 0 saturated carbocycles. The second-order valence-corrected chi connectivity index (χ2v) is 5.05. The van der Waals surface area contributed by atoms with Gasteiger partial charge in [0, 0.05) is 49.9 Å². The van der Waals surface area contributed by atoms with E-state index in [1.54, 1.807) is 0 Å². The van der Waals surface area contributed by atoms with Crippen LogP contribution in [0, 0.1) is 15.9 Å². The highest BCUT2D eigenvalue weighted by Gasteiger charge is 2.25. The van der Waals surface area contributed by atoms with Gasteiger partial charge in [-0.05, 0) is 12.5 Å². The number of hydrogen-bond acceptors (Lipinski definition) is 4. The molecule has 1 fully saturated rings. The van der Waals surface area contributed by atoms with Crippen molar-refractivity contribution in [2.24, 2.45) is 0 Å². The van der Waals surface area contributed by atoms with Gasteiger partial charge in [0.2, 0.25) is 0 Å². The lowest BCUT2D eigenvalue weighted by molar-refractivity contribution is -0.385. The monoisotopic (exact) mass is 353 g/mol. The van der Waals surface area contributed by atoms with Gasteiger partial charge < -0.3 is 5.32 Å². The lowest BCUT2D eigenvalue weighted by atomic mass is 9.98. The first-order chi connectivity index (χ1) is 9.63. The third-order valence-corrected chi connectivity index (χ3v) is 3.70. The molecular formula is C14H22Cl2FN3O2. The summed E-state index contributed by atoms with van der Waals surface area (Å²) < 4.78 is 14.1. The zero-order valence-corrected chi connectivity index (χ0v) is 14.1. The van der Waals surface area contributed by atoms with Gasteiger partial charge in [-0.3, -0.25) is 15.0 Å². The minimum atomic E-state index is -0.469. The Morgan fingerprint density at radius 3 is 2.55 bits per heavy atom. The molecule has 1 atom stereocenters. The maximum Gasteiger partial charge on any atom is 0.269 e.